The third kappa shape index (κ3) is 39.1. The lowest BCUT2D eigenvalue weighted by atomic mass is 9.94. The van der Waals surface area contributed by atoms with E-state index in [4.69, 9.17) is 25.4 Å². The molecule has 0 heterocycles. The van der Waals surface area contributed by atoms with E-state index in [0.717, 1.165) is 103 Å². The van der Waals surface area contributed by atoms with Gasteiger partial charge in [0, 0.05) is 6.42 Å². The summed E-state index contributed by atoms with van der Waals surface area (Å²) in [5.41, 5.74) is 5.47. The van der Waals surface area contributed by atoms with Crippen LogP contribution in [0.25, 0.3) is 0 Å². The molecular weight excluding hydrogens is 717 g/mol. The monoisotopic (exact) mass is 811 g/mol. The van der Waals surface area contributed by atoms with E-state index in [0.29, 0.717) is 13.2 Å². The van der Waals surface area contributed by atoms with Crippen molar-refractivity contribution in [1.82, 2.24) is 0 Å². The highest BCUT2D eigenvalue weighted by Gasteiger charge is 2.21. The highest BCUT2D eigenvalue weighted by Crippen LogP contribution is 2.23. The lowest BCUT2D eigenvalue weighted by molar-refractivity contribution is -0.151. The summed E-state index contributed by atoms with van der Waals surface area (Å²) in [7, 11) is 0. The number of unbranched alkanes of at least 4 members (excludes halogenated alkanes) is 20. The number of ether oxygens (including phenoxy) is 3. The van der Waals surface area contributed by atoms with Crippen molar-refractivity contribution in [3.8, 4) is 0 Å². The van der Waals surface area contributed by atoms with Gasteiger partial charge in [-0.3, -0.25) is 31.5 Å². The number of hydrogen-bond acceptors (Lipinski definition) is 9. The van der Waals surface area contributed by atoms with Crippen molar-refractivity contribution in [1.29, 1.82) is 5.41 Å². The van der Waals surface area contributed by atoms with Crippen LogP contribution in [-0.2, 0) is 28.6 Å². The van der Waals surface area contributed by atoms with Crippen molar-refractivity contribution in [2.24, 2.45) is 29.3 Å². The van der Waals surface area contributed by atoms with Gasteiger partial charge in [0.1, 0.15) is 6.10 Å². The van der Waals surface area contributed by atoms with E-state index in [1.165, 1.54) is 103 Å². The summed E-state index contributed by atoms with van der Waals surface area (Å²) in [6, 6.07) is 0. The Morgan fingerprint density at radius 1 is 0.439 bits per heavy atom. The Morgan fingerprint density at radius 2 is 0.737 bits per heavy atom. The highest BCUT2D eigenvalue weighted by molar-refractivity contribution is 5.81. The van der Waals surface area contributed by atoms with Crippen LogP contribution in [0.3, 0.4) is 0 Å². The van der Waals surface area contributed by atoms with Crippen molar-refractivity contribution in [3.63, 3.8) is 0 Å². The van der Waals surface area contributed by atoms with Gasteiger partial charge in [0.15, 0.2) is 0 Å². The summed E-state index contributed by atoms with van der Waals surface area (Å²) in [5, 5.41) is 7.46. The SMILES string of the molecule is CCCCCCCCC(CCCCCC)C(=O)OCCCCCC(CCCCCOC(=O)C(CCCCCC)CCCCCCCC)OC(=O)CCC(=N)N.NN. The minimum absolute atomic E-state index is 0.0112. The predicted octanol–water partition coefficient (Wildman–Crippen LogP) is 12.3. The molecule has 0 bridgehead atoms. The van der Waals surface area contributed by atoms with E-state index in [-0.39, 0.29) is 54.5 Å². The lowest BCUT2D eigenvalue weighted by Crippen LogP contribution is -2.21. The number of esters is 3. The first-order valence-electron chi connectivity index (χ1n) is 24.0. The molecule has 0 aliphatic carbocycles. The smallest absolute Gasteiger partial charge is 0.308 e. The van der Waals surface area contributed by atoms with E-state index in [1.807, 2.05) is 0 Å². The van der Waals surface area contributed by atoms with Gasteiger partial charge in [0.25, 0.3) is 0 Å². The number of carbonyl (C=O) groups excluding carboxylic acids is 3. The van der Waals surface area contributed by atoms with Crippen LogP contribution in [-0.4, -0.2) is 43.1 Å². The first-order chi connectivity index (χ1) is 27.8. The number of carbonyl (C=O) groups is 3. The molecule has 0 rings (SSSR count). The van der Waals surface area contributed by atoms with Gasteiger partial charge in [-0.1, -0.05) is 156 Å². The van der Waals surface area contributed by atoms with Crippen molar-refractivity contribution >= 4 is 23.7 Å². The number of rotatable bonds is 42. The average Bonchev–Trinajstić information content (AvgIpc) is 3.21. The van der Waals surface area contributed by atoms with Crippen LogP contribution in [0.2, 0.25) is 0 Å². The molecular formula is C47H94N4O6. The molecule has 0 radical (unpaired) electrons. The molecule has 0 aromatic rings. The van der Waals surface area contributed by atoms with Gasteiger partial charge in [-0.15, -0.1) is 0 Å². The van der Waals surface area contributed by atoms with Gasteiger partial charge < -0.3 is 19.9 Å². The van der Waals surface area contributed by atoms with Crippen molar-refractivity contribution in [2.45, 2.75) is 252 Å². The fourth-order valence-electron chi connectivity index (χ4n) is 7.36. The second-order valence-electron chi connectivity index (χ2n) is 16.4. The molecule has 2 unspecified atom stereocenters. The third-order valence-electron chi connectivity index (χ3n) is 11.0. The average molecular weight is 811 g/mol. The Balaban J connectivity index is 0. The molecule has 0 saturated carbocycles. The fourth-order valence-corrected chi connectivity index (χ4v) is 7.36. The van der Waals surface area contributed by atoms with Gasteiger partial charge >= 0.3 is 17.9 Å². The van der Waals surface area contributed by atoms with E-state index in [9.17, 15) is 14.4 Å². The summed E-state index contributed by atoms with van der Waals surface area (Å²) in [6.07, 6.45) is 34.8. The van der Waals surface area contributed by atoms with Crippen LogP contribution in [0.5, 0.6) is 0 Å². The molecule has 0 aliphatic rings. The molecule has 10 nitrogen and oxygen atoms in total. The van der Waals surface area contributed by atoms with E-state index in [1.54, 1.807) is 0 Å². The Labute approximate surface area is 351 Å². The highest BCUT2D eigenvalue weighted by atomic mass is 16.5. The molecule has 338 valence electrons. The quantitative estimate of drug-likeness (QED) is 0.00887. The van der Waals surface area contributed by atoms with E-state index < -0.39 is 0 Å². The molecule has 0 aromatic carbocycles. The summed E-state index contributed by atoms with van der Waals surface area (Å²) in [5.74, 6) is 7.68. The van der Waals surface area contributed by atoms with Crippen molar-refractivity contribution < 1.29 is 28.6 Å². The number of hydrazine groups is 1. The Bertz CT molecular complexity index is 864. The minimum atomic E-state index is -0.311. The first kappa shape index (κ1) is 56.9. The van der Waals surface area contributed by atoms with Crippen LogP contribution in [0, 0.1) is 17.2 Å². The Hall–Kier alpha value is -2.20. The molecule has 0 aliphatic heterocycles. The predicted molar refractivity (Wildman–Crippen MR) is 239 cm³/mol. The molecule has 0 fully saturated rings. The molecule has 2 atom stereocenters. The zero-order chi connectivity index (χ0) is 42.6. The maximum absolute atomic E-state index is 13.0. The van der Waals surface area contributed by atoms with Crippen molar-refractivity contribution in [2.75, 3.05) is 13.2 Å². The molecule has 57 heavy (non-hydrogen) atoms. The minimum Gasteiger partial charge on any atom is -0.465 e. The molecule has 0 amide bonds. The Morgan fingerprint density at radius 3 is 1.09 bits per heavy atom. The van der Waals surface area contributed by atoms with E-state index in [2.05, 4.69) is 39.4 Å². The number of hydrogen-bond donors (Lipinski definition) is 4. The topological polar surface area (TPSA) is 181 Å². The maximum Gasteiger partial charge on any atom is 0.308 e. The maximum atomic E-state index is 13.0. The lowest BCUT2D eigenvalue weighted by Gasteiger charge is -2.19. The van der Waals surface area contributed by atoms with Crippen LogP contribution in [0.15, 0.2) is 0 Å². The Kier molecular flexibility index (Phi) is 44.8. The number of nitrogens with two attached hydrogens (primary N) is 3. The molecule has 10 heteroatoms. The summed E-state index contributed by atoms with van der Waals surface area (Å²) in [6.45, 7) is 9.80. The van der Waals surface area contributed by atoms with Gasteiger partial charge in [0.2, 0.25) is 0 Å². The molecule has 0 saturated heterocycles. The summed E-state index contributed by atoms with van der Waals surface area (Å²) < 4.78 is 17.4. The zero-order valence-corrected chi connectivity index (χ0v) is 37.9. The standard InChI is InChI=1S/C47H90N2O6.H4N2/c1-5-9-13-17-19-25-33-41(31-23-15-11-7-3)46(51)53-39-29-21-27-35-43(55-45(50)38-37-44(48)49)36-28-22-30-40-54-47(52)42(32-24-16-12-8-4)34-26-20-18-14-10-6-2;1-2/h41-43H,5-40H2,1-4H3,(H3,48,49);1-2H2. The first-order valence-corrected chi connectivity index (χ1v) is 24.0. The number of amidine groups is 1. The molecule has 7 N–H and O–H groups in total. The van der Waals surface area contributed by atoms with Gasteiger partial charge in [0.05, 0.1) is 37.3 Å². The summed E-state index contributed by atoms with van der Waals surface area (Å²) >= 11 is 0. The van der Waals surface area contributed by atoms with Crippen LogP contribution in [0.4, 0.5) is 0 Å². The van der Waals surface area contributed by atoms with E-state index >= 15 is 0 Å². The number of nitrogens with one attached hydrogen (secondary N) is 1. The second kappa shape index (κ2) is 44.9. The molecule has 0 spiro atoms. The largest absolute Gasteiger partial charge is 0.465 e. The summed E-state index contributed by atoms with van der Waals surface area (Å²) in [4.78, 5) is 38.6. The zero-order valence-electron chi connectivity index (χ0n) is 37.9. The van der Waals surface area contributed by atoms with Crippen molar-refractivity contribution in [3.05, 3.63) is 0 Å². The van der Waals surface area contributed by atoms with Gasteiger partial charge in [-0.05, 0) is 77.0 Å². The third-order valence-corrected chi connectivity index (χ3v) is 11.0. The van der Waals surface area contributed by atoms with Crippen LogP contribution >= 0.6 is 0 Å². The van der Waals surface area contributed by atoms with Crippen LogP contribution in [0.1, 0.15) is 246 Å². The van der Waals surface area contributed by atoms with Gasteiger partial charge in [-0.25, -0.2) is 0 Å². The second-order valence-corrected chi connectivity index (χ2v) is 16.4. The van der Waals surface area contributed by atoms with Gasteiger partial charge in [-0.2, -0.15) is 0 Å². The normalized spacial score (nSPS) is 12.6. The molecule has 0 aromatic heterocycles. The fraction of sp³-hybridized carbons (Fsp3) is 0.915. The van der Waals surface area contributed by atoms with Crippen LogP contribution < -0.4 is 17.4 Å².